The van der Waals surface area contributed by atoms with Crippen LogP contribution in [0.5, 0.6) is 0 Å². The van der Waals surface area contributed by atoms with E-state index in [0.717, 1.165) is 11.1 Å². The number of nitrogens with zero attached hydrogens (tertiary/aromatic N) is 2. The van der Waals surface area contributed by atoms with E-state index in [9.17, 15) is 9.59 Å². The van der Waals surface area contributed by atoms with Crippen LogP contribution in [0.15, 0.2) is 59.6 Å². The zero-order valence-corrected chi connectivity index (χ0v) is 15.1. The third kappa shape index (κ3) is 2.83. The number of para-hydroxylation sites is 1. The number of carbonyl (C=O) groups excluding carboxylic acids is 2. The Labute approximate surface area is 152 Å². The highest BCUT2D eigenvalue weighted by atomic mass is 16.2. The van der Waals surface area contributed by atoms with Gasteiger partial charge in [-0.15, -0.1) is 0 Å². The summed E-state index contributed by atoms with van der Waals surface area (Å²) in [7, 11) is 3.26. The Morgan fingerprint density at radius 2 is 1.77 bits per heavy atom. The van der Waals surface area contributed by atoms with Crippen molar-refractivity contribution in [1.29, 1.82) is 0 Å². The van der Waals surface area contributed by atoms with Crippen molar-refractivity contribution in [2.24, 2.45) is 10.7 Å². The van der Waals surface area contributed by atoms with E-state index in [1.54, 1.807) is 21.0 Å². The summed E-state index contributed by atoms with van der Waals surface area (Å²) in [5.74, 6) is -1.03. The van der Waals surface area contributed by atoms with Crippen molar-refractivity contribution < 1.29 is 9.59 Å². The van der Waals surface area contributed by atoms with Gasteiger partial charge in [-0.3, -0.25) is 15.3 Å². The Bertz CT molecular complexity index is 878. The van der Waals surface area contributed by atoms with E-state index < -0.39 is 23.4 Å². The monoisotopic (exact) mass is 350 g/mol. The molecule has 0 aliphatic carbocycles. The van der Waals surface area contributed by atoms with Gasteiger partial charge in [0.05, 0.1) is 17.4 Å². The summed E-state index contributed by atoms with van der Waals surface area (Å²) in [6.45, 7) is 1.67. The van der Waals surface area contributed by atoms with Gasteiger partial charge < -0.3 is 10.2 Å². The molecule has 0 saturated carbocycles. The van der Waals surface area contributed by atoms with Crippen LogP contribution in [-0.2, 0) is 9.59 Å². The summed E-state index contributed by atoms with van der Waals surface area (Å²) < 4.78 is 0. The molecule has 2 aromatic carbocycles. The van der Waals surface area contributed by atoms with Crippen molar-refractivity contribution >= 4 is 23.1 Å². The fourth-order valence-corrected chi connectivity index (χ4v) is 3.05. The van der Waals surface area contributed by atoms with Gasteiger partial charge in [0.25, 0.3) is 5.91 Å². The van der Waals surface area contributed by atoms with Crippen LogP contribution in [0, 0.1) is 0 Å². The normalized spacial score (nSPS) is 20.8. The minimum atomic E-state index is -2.00. The standard InChI is InChI=1S/C20H22N4O2/c1-13(22-2)18(25)20(21)19(26)24(3)16-12-8-7-11-15(16)17(23-20)14-9-5-4-6-10-14/h4-13,22H,21H2,1-3H3/t13-,20?/m0/s1. The minimum Gasteiger partial charge on any atom is -0.311 e. The fourth-order valence-electron chi connectivity index (χ4n) is 3.05. The number of amides is 1. The third-order valence-corrected chi connectivity index (χ3v) is 4.69. The number of rotatable bonds is 4. The molecule has 1 amide bonds. The summed E-state index contributed by atoms with van der Waals surface area (Å²) >= 11 is 0. The first kappa shape index (κ1) is 18.0. The lowest BCUT2D eigenvalue weighted by molar-refractivity contribution is -0.134. The summed E-state index contributed by atoms with van der Waals surface area (Å²) in [6.07, 6.45) is 0. The molecule has 6 nitrogen and oxygen atoms in total. The molecule has 134 valence electrons. The number of likely N-dealkylation sites (N-methyl/N-ethyl adjacent to an activating group) is 2. The molecular weight excluding hydrogens is 328 g/mol. The maximum atomic E-state index is 13.1. The fraction of sp³-hybridized carbons (Fsp3) is 0.250. The molecule has 0 spiro atoms. The summed E-state index contributed by atoms with van der Waals surface area (Å²) in [5, 5.41) is 2.85. The van der Waals surface area contributed by atoms with Crippen molar-refractivity contribution in [3.63, 3.8) is 0 Å². The molecule has 1 heterocycles. The Balaban J connectivity index is 2.29. The molecule has 0 fully saturated rings. The van der Waals surface area contributed by atoms with Crippen LogP contribution in [0.1, 0.15) is 18.1 Å². The van der Waals surface area contributed by atoms with E-state index in [4.69, 9.17) is 5.73 Å². The quantitative estimate of drug-likeness (QED) is 0.815. The Kier molecular flexibility index (Phi) is 4.71. The predicted molar refractivity (Wildman–Crippen MR) is 102 cm³/mol. The lowest BCUT2D eigenvalue weighted by Crippen LogP contribution is -2.62. The number of fused-ring (bicyclic) bond motifs is 1. The van der Waals surface area contributed by atoms with Crippen LogP contribution in [0.3, 0.4) is 0 Å². The SMILES string of the molecule is CN[C@@H](C)C(=O)C1(N)N=C(c2ccccc2)c2ccccc2N(C)C1=O. The Hall–Kier alpha value is -2.83. The molecule has 0 aromatic heterocycles. The van der Waals surface area contributed by atoms with E-state index >= 15 is 0 Å². The van der Waals surface area contributed by atoms with Gasteiger partial charge in [0.2, 0.25) is 11.4 Å². The van der Waals surface area contributed by atoms with E-state index in [0.29, 0.717) is 11.4 Å². The number of Topliss-reactive ketones (excluding diaryl/α,β-unsaturated/α-hetero) is 1. The summed E-state index contributed by atoms with van der Waals surface area (Å²) in [6, 6.07) is 16.2. The lowest BCUT2D eigenvalue weighted by Gasteiger charge is -2.28. The zero-order valence-electron chi connectivity index (χ0n) is 15.1. The first-order valence-corrected chi connectivity index (χ1v) is 8.43. The van der Waals surface area contributed by atoms with Crippen LogP contribution in [0.25, 0.3) is 0 Å². The maximum Gasteiger partial charge on any atom is 0.277 e. The van der Waals surface area contributed by atoms with Gasteiger partial charge in [-0.1, -0.05) is 48.5 Å². The molecule has 0 bridgehead atoms. The third-order valence-electron chi connectivity index (χ3n) is 4.69. The molecule has 1 aliphatic heterocycles. The lowest BCUT2D eigenvalue weighted by atomic mass is 9.98. The molecule has 1 unspecified atom stereocenters. The van der Waals surface area contributed by atoms with Crippen molar-refractivity contribution in [3.8, 4) is 0 Å². The van der Waals surface area contributed by atoms with Gasteiger partial charge in [-0.05, 0) is 20.0 Å². The highest BCUT2D eigenvalue weighted by molar-refractivity contribution is 6.26. The molecule has 3 N–H and O–H groups in total. The predicted octanol–water partition coefficient (Wildman–Crippen LogP) is 1.33. The first-order chi connectivity index (χ1) is 12.4. The average Bonchev–Trinajstić information content (AvgIpc) is 2.77. The van der Waals surface area contributed by atoms with Gasteiger partial charge >= 0.3 is 0 Å². The molecule has 26 heavy (non-hydrogen) atoms. The first-order valence-electron chi connectivity index (χ1n) is 8.43. The molecule has 6 heteroatoms. The number of nitrogens with one attached hydrogen (secondary N) is 1. The Morgan fingerprint density at radius 3 is 2.42 bits per heavy atom. The van der Waals surface area contributed by atoms with Crippen LogP contribution in [-0.4, -0.2) is 43.2 Å². The molecule has 3 rings (SSSR count). The summed E-state index contributed by atoms with van der Waals surface area (Å²) in [5.41, 5.74) is 7.09. The second-order valence-corrected chi connectivity index (χ2v) is 6.35. The minimum absolute atomic E-state index is 0.474. The molecule has 0 saturated heterocycles. The zero-order chi connectivity index (χ0) is 18.9. The van der Waals surface area contributed by atoms with Gasteiger partial charge in [0, 0.05) is 18.2 Å². The van der Waals surface area contributed by atoms with Crippen molar-refractivity contribution in [1.82, 2.24) is 5.32 Å². The molecule has 1 aliphatic rings. The molecule has 0 radical (unpaired) electrons. The number of anilines is 1. The van der Waals surface area contributed by atoms with Crippen molar-refractivity contribution in [2.45, 2.75) is 18.6 Å². The summed E-state index contributed by atoms with van der Waals surface area (Å²) in [4.78, 5) is 32.0. The second-order valence-electron chi connectivity index (χ2n) is 6.35. The van der Waals surface area contributed by atoms with E-state index in [-0.39, 0.29) is 0 Å². The van der Waals surface area contributed by atoms with E-state index in [1.165, 1.54) is 4.90 Å². The topological polar surface area (TPSA) is 87.8 Å². The second kappa shape index (κ2) is 6.82. The number of ketones is 1. The number of benzodiazepines with no additional fused rings is 1. The van der Waals surface area contributed by atoms with Crippen LogP contribution < -0.4 is 16.0 Å². The highest BCUT2D eigenvalue weighted by Gasteiger charge is 2.48. The number of hydrogen-bond acceptors (Lipinski definition) is 5. The molecule has 2 aromatic rings. The van der Waals surface area contributed by atoms with Gasteiger partial charge in [-0.2, -0.15) is 0 Å². The van der Waals surface area contributed by atoms with Crippen LogP contribution in [0.2, 0.25) is 0 Å². The highest BCUT2D eigenvalue weighted by Crippen LogP contribution is 2.30. The van der Waals surface area contributed by atoms with Gasteiger partial charge in [-0.25, -0.2) is 4.99 Å². The van der Waals surface area contributed by atoms with Crippen LogP contribution >= 0.6 is 0 Å². The van der Waals surface area contributed by atoms with E-state index in [1.807, 2.05) is 54.6 Å². The van der Waals surface area contributed by atoms with Crippen molar-refractivity contribution in [3.05, 3.63) is 65.7 Å². The smallest absolute Gasteiger partial charge is 0.277 e. The molecule has 2 atom stereocenters. The van der Waals surface area contributed by atoms with Crippen LogP contribution in [0.4, 0.5) is 5.69 Å². The number of hydrogen-bond donors (Lipinski definition) is 2. The largest absolute Gasteiger partial charge is 0.311 e. The number of aliphatic imine (C=N–C) groups is 1. The van der Waals surface area contributed by atoms with Gasteiger partial charge in [0.15, 0.2) is 0 Å². The van der Waals surface area contributed by atoms with E-state index in [2.05, 4.69) is 10.3 Å². The maximum absolute atomic E-state index is 13.1. The van der Waals surface area contributed by atoms with Gasteiger partial charge in [0.1, 0.15) is 0 Å². The Morgan fingerprint density at radius 1 is 1.15 bits per heavy atom. The number of carbonyl (C=O) groups is 2. The number of benzene rings is 2. The average molecular weight is 350 g/mol. The molecular formula is C20H22N4O2. The number of nitrogens with two attached hydrogens (primary N) is 1. The van der Waals surface area contributed by atoms with Crippen molar-refractivity contribution in [2.75, 3.05) is 19.0 Å².